The maximum atomic E-state index is 12.3. The highest BCUT2D eigenvalue weighted by atomic mass is 16.3. The number of aryl methyl sites for hydroxylation is 1. The molecule has 1 fully saturated rings. The second-order valence-electron chi connectivity index (χ2n) is 6.30. The molecule has 0 spiro atoms. The van der Waals surface area contributed by atoms with E-state index in [4.69, 9.17) is 0 Å². The first-order valence-electron chi connectivity index (χ1n) is 8.22. The molecular formula is C18H23N3O2. The van der Waals surface area contributed by atoms with Crippen molar-refractivity contribution in [1.82, 2.24) is 15.5 Å². The Labute approximate surface area is 136 Å². The highest BCUT2D eigenvalue weighted by molar-refractivity contribution is 5.76. The van der Waals surface area contributed by atoms with Crippen molar-refractivity contribution in [2.45, 2.75) is 44.2 Å². The van der Waals surface area contributed by atoms with E-state index >= 15 is 0 Å². The molecular weight excluding hydrogens is 290 g/mol. The van der Waals surface area contributed by atoms with Crippen molar-refractivity contribution in [1.29, 1.82) is 0 Å². The van der Waals surface area contributed by atoms with Gasteiger partial charge in [0.1, 0.15) is 0 Å². The fourth-order valence-corrected chi connectivity index (χ4v) is 3.15. The van der Waals surface area contributed by atoms with Gasteiger partial charge in [-0.05, 0) is 42.7 Å². The van der Waals surface area contributed by atoms with Gasteiger partial charge in [-0.1, -0.05) is 30.3 Å². The molecule has 0 aliphatic heterocycles. The molecule has 5 nitrogen and oxygen atoms in total. The number of hydrogen-bond acceptors (Lipinski definition) is 3. The molecule has 0 unspecified atom stereocenters. The molecule has 122 valence electrons. The summed E-state index contributed by atoms with van der Waals surface area (Å²) in [6.07, 6.45) is 7.11. The van der Waals surface area contributed by atoms with Gasteiger partial charge < -0.3 is 10.4 Å². The van der Waals surface area contributed by atoms with Crippen LogP contribution in [0.3, 0.4) is 0 Å². The van der Waals surface area contributed by atoms with E-state index < -0.39 is 0 Å². The zero-order valence-electron chi connectivity index (χ0n) is 13.1. The first-order valence-corrected chi connectivity index (χ1v) is 8.22. The molecule has 3 rings (SSSR count). The molecule has 1 saturated carbocycles. The van der Waals surface area contributed by atoms with E-state index in [0.29, 0.717) is 12.3 Å². The summed E-state index contributed by atoms with van der Waals surface area (Å²) >= 11 is 0. The third-order valence-electron chi connectivity index (χ3n) is 4.52. The third-order valence-corrected chi connectivity index (χ3v) is 4.52. The Hall–Kier alpha value is -2.14. The van der Waals surface area contributed by atoms with Crippen LogP contribution in [0.1, 0.15) is 42.9 Å². The minimum Gasteiger partial charge on any atom is -0.393 e. The molecule has 0 radical (unpaired) electrons. The number of nitrogens with zero attached hydrogens (tertiary/aromatic N) is 1. The van der Waals surface area contributed by atoms with Crippen molar-refractivity contribution < 1.29 is 9.90 Å². The van der Waals surface area contributed by atoms with Gasteiger partial charge in [-0.3, -0.25) is 9.89 Å². The summed E-state index contributed by atoms with van der Waals surface area (Å²) in [6.45, 7) is 0. The molecule has 5 heteroatoms. The van der Waals surface area contributed by atoms with E-state index in [1.165, 1.54) is 0 Å². The maximum absolute atomic E-state index is 12.3. The molecule has 23 heavy (non-hydrogen) atoms. The zero-order chi connectivity index (χ0) is 16.1. The summed E-state index contributed by atoms with van der Waals surface area (Å²) in [6, 6.07) is 10.0. The Kier molecular flexibility index (Phi) is 5.08. The SMILES string of the molecule is O=C(CCCc1cn[nH]c1)N[C@@H](c1ccccc1)C1CC(O)C1. The normalized spacial score (nSPS) is 21.4. The molecule has 1 aliphatic carbocycles. The molecule has 1 heterocycles. The fourth-order valence-electron chi connectivity index (χ4n) is 3.15. The Morgan fingerprint density at radius 3 is 2.78 bits per heavy atom. The van der Waals surface area contributed by atoms with Gasteiger partial charge in [-0.2, -0.15) is 5.10 Å². The Morgan fingerprint density at radius 1 is 1.35 bits per heavy atom. The van der Waals surface area contributed by atoms with Crippen LogP contribution in [0.5, 0.6) is 0 Å². The first-order chi connectivity index (χ1) is 11.2. The Bertz CT molecular complexity index is 606. The van der Waals surface area contributed by atoms with E-state index in [9.17, 15) is 9.90 Å². The minimum atomic E-state index is -0.218. The number of aromatic amines is 1. The predicted octanol–water partition coefficient (Wildman–Crippen LogP) is 2.36. The summed E-state index contributed by atoms with van der Waals surface area (Å²) in [7, 11) is 0. The van der Waals surface area contributed by atoms with Gasteiger partial charge in [-0.25, -0.2) is 0 Å². The molecule has 3 N–H and O–H groups in total. The topological polar surface area (TPSA) is 78.0 Å². The molecule has 0 bridgehead atoms. The second-order valence-corrected chi connectivity index (χ2v) is 6.30. The predicted molar refractivity (Wildman–Crippen MR) is 87.6 cm³/mol. The van der Waals surface area contributed by atoms with Crippen LogP contribution in [0.4, 0.5) is 0 Å². The quantitative estimate of drug-likeness (QED) is 0.734. The van der Waals surface area contributed by atoms with E-state index in [1.54, 1.807) is 6.20 Å². The average molecular weight is 313 g/mol. The van der Waals surface area contributed by atoms with Crippen molar-refractivity contribution in [3.63, 3.8) is 0 Å². The van der Waals surface area contributed by atoms with E-state index in [2.05, 4.69) is 15.5 Å². The summed E-state index contributed by atoms with van der Waals surface area (Å²) in [5.74, 6) is 0.397. The minimum absolute atomic E-state index is 0.000949. The highest BCUT2D eigenvalue weighted by Crippen LogP contribution is 2.38. The lowest BCUT2D eigenvalue weighted by Gasteiger charge is -2.38. The molecule has 1 amide bonds. The van der Waals surface area contributed by atoms with Gasteiger partial charge in [0.2, 0.25) is 5.91 Å². The van der Waals surface area contributed by atoms with Gasteiger partial charge in [0.25, 0.3) is 0 Å². The lowest BCUT2D eigenvalue weighted by molar-refractivity contribution is -0.123. The average Bonchev–Trinajstić information content (AvgIpc) is 3.04. The largest absolute Gasteiger partial charge is 0.393 e. The van der Waals surface area contributed by atoms with Crippen molar-refractivity contribution in [2.75, 3.05) is 0 Å². The number of H-pyrrole nitrogens is 1. The number of aliphatic hydroxyl groups is 1. The van der Waals surface area contributed by atoms with Gasteiger partial charge in [0.15, 0.2) is 0 Å². The zero-order valence-corrected chi connectivity index (χ0v) is 13.1. The van der Waals surface area contributed by atoms with Crippen molar-refractivity contribution in [3.8, 4) is 0 Å². The fraction of sp³-hybridized carbons (Fsp3) is 0.444. The highest BCUT2D eigenvalue weighted by Gasteiger charge is 2.35. The van der Waals surface area contributed by atoms with E-state index in [1.807, 2.05) is 36.5 Å². The molecule has 1 aromatic heterocycles. The Balaban J connectivity index is 1.54. The van der Waals surface area contributed by atoms with Crippen LogP contribution < -0.4 is 5.32 Å². The van der Waals surface area contributed by atoms with Crippen molar-refractivity contribution in [3.05, 3.63) is 53.9 Å². The lowest BCUT2D eigenvalue weighted by Crippen LogP contribution is -2.41. The van der Waals surface area contributed by atoms with Crippen LogP contribution in [-0.4, -0.2) is 27.3 Å². The monoisotopic (exact) mass is 313 g/mol. The number of amides is 1. The standard InChI is InChI=1S/C18H23N3O2/c22-16-9-15(10-16)18(14-6-2-1-3-7-14)21-17(23)8-4-5-13-11-19-20-12-13/h1-3,6-7,11-12,15-16,18,22H,4-5,8-10H2,(H,19,20)(H,21,23)/t15?,16?,18-/m0/s1. The van der Waals surface area contributed by atoms with Crippen LogP contribution in [0.25, 0.3) is 0 Å². The number of nitrogens with one attached hydrogen (secondary N) is 2. The van der Waals surface area contributed by atoms with Crippen LogP contribution in [0.2, 0.25) is 0 Å². The first kappa shape index (κ1) is 15.7. The number of hydrogen-bond donors (Lipinski definition) is 3. The number of benzene rings is 1. The van der Waals surface area contributed by atoms with Gasteiger partial charge in [-0.15, -0.1) is 0 Å². The van der Waals surface area contributed by atoms with Crippen LogP contribution in [0, 0.1) is 5.92 Å². The smallest absolute Gasteiger partial charge is 0.220 e. The number of carbonyl (C=O) groups is 1. The summed E-state index contributed by atoms with van der Waals surface area (Å²) in [4.78, 5) is 12.3. The number of aliphatic hydroxyl groups excluding tert-OH is 1. The molecule has 0 saturated heterocycles. The maximum Gasteiger partial charge on any atom is 0.220 e. The molecule has 1 aliphatic rings. The molecule has 1 atom stereocenters. The van der Waals surface area contributed by atoms with E-state index in [0.717, 1.165) is 36.8 Å². The summed E-state index contributed by atoms with van der Waals surface area (Å²) in [5.41, 5.74) is 2.24. The van der Waals surface area contributed by atoms with Crippen molar-refractivity contribution in [2.24, 2.45) is 5.92 Å². The van der Waals surface area contributed by atoms with Crippen molar-refractivity contribution >= 4 is 5.91 Å². The number of aromatic nitrogens is 2. The van der Waals surface area contributed by atoms with E-state index in [-0.39, 0.29) is 18.1 Å². The second kappa shape index (κ2) is 7.42. The molecule has 1 aromatic carbocycles. The van der Waals surface area contributed by atoms with Crippen LogP contribution in [0.15, 0.2) is 42.7 Å². The van der Waals surface area contributed by atoms with Crippen LogP contribution in [-0.2, 0) is 11.2 Å². The molecule has 2 aromatic rings. The number of carbonyl (C=O) groups excluding carboxylic acids is 1. The lowest BCUT2D eigenvalue weighted by atomic mass is 9.75. The van der Waals surface area contributed by atoms with Gasteiger partial charge in [0.05, 0.1) is 18.3 Å². The number of rotatable bonds is 7. The van der Waals surface area contributed by atoms with Crippen LogP contribution >= 0.6 is 0 Å². The summed E-state index contributed by atoms with van der Waals surface area (Å²) < 4.78 is 0. The third kappa shape index (κ3) is 4.20. The van der Waals surface area contributed by atoms with Gasteiger partial charge in [0, 0.05) is 12.6 Å². The summed E-state index contributed by atoms with van der Waals surface area (Å²) in [5, 5.41) is 19.4. The van der Waals surface area contributed by atoms with Gasteiger partial charge >= 0.3 is 0 Å². The Morgan fingerprint density at radius 2 is 2.13 bits per heavy atom.